The maximum absolute atomic E-state index is 11.3. The maximum atomic E-state index is 11.3. The molecule has 1 saturated heterocycles. The summed E-state index contributed by atoms with van der Waals surface area (Å²) in [5.74, 6) is -0.228. The van der Waals surface area contributed by atoms with E-state index in [1.165, 1.54) is 5.56 Å². The molecule has 18 heavy (non-hydrogen) atoms. The second-order valence-electron chi connectivity index (χ2n) is 5.08. The zero-order chi connectivity index (χ0) is 13.0. The molecular weight excluding hydrogens is 230 g/mol. The second-order valence-corrected chi connectivity index (χ2v) is 5.08. The molecule has 0 unspecified atom stereocenters. The van der Waals surface area contributed by atoms with E-state index in [1.807, 2.05) is 32.0 Å². The Labute approximate surface area is 107 Å². The van der Waals surface area contributed by atoms with Crippen molar-refractivity contribution in [3.63, 3.8) is 0 Å². The van der Waals surface area contributed by atoms with Crippen molar-refractivity contribution in [3.05, 3.63) is 35.9 Å². The van der Waals surface area contributed by atoms with Gasteiger partial charge in [0.05, 0.1) is 12.1 Å². The van der Waals surface area contributed by atoms with Crippen LogP contribution < -0.4 is 0 Å². The van der Waals surface area contributed by atoms with E-state index in [0.29, 0.717) is 13.2 Å². The first-order valence-electron chi connectivity index (χ1n) is 6.18. The number of carbonyl (C=O) groups excluding carboxylic acids is 1. The number of carbonyl (C=O) groups is 1. The minimum absolute atomic E-state index is 0.196. The fraction of sp³-hybridized carbons (Fsp3) is 0.500. The van der Waals surface area contributed by atoms with Crippen LogP contribution in [0.4, 0.5) is 0 Å². The van der Waals surface area contributed by atoms with Crippen molar-refractivity contribution >= 4 is 5.97 Å². The third-order valence-corrected chi connectivity index (χ3v) is 3.01. The Morgan fingerprint density at radius 2 is 2.06 bits per heavy atom. The van der Waals surface area contributed by atoms with Gasteiger partial charge in [0.1, 0.15) is 13.2 Å². The molecule has 1 heterocycles. The molecule has 0 radical (unpaired) electrons. The van der Waals surface area contributed by atoms with Gasteiger partial charge in [0.15, 0.2) is 0 Å². The van der Waals surface area contributed by atoms with E-state index in [-0.39, 0.29) is 18.1 Å². The van der Waals surface area contributed by atoms with Crippen molar-refractivity contribution in [2.75, 3.05) is 19.8 Å². The zero-order valence-electron chi connectivity index (χ0n) is 10.9. The van der Waals surface area contributed by atoms with Crippen LogP contribution >= 0.6 is 0 Å². The van der Waals surface area contributed by atoms with E-state index in [1.54, 1.807) is 5.06 Å². The van der Waals surface area contributed by atoms with Gasteiger partial charge in [-0.25, -0.2) is 0 Å². The Bertz CT molecular complexity index is 403. The van der Waals surface area contributed by atoms with Crippen molar-refractivity contribution in [2.45, 2.75) is 25.8 Å². The van der Waals surface area contributed by atoms with Gasteiger partial charge >= 0.3 is 5.97 Å². The summed E-state index contributed by atoms with van der Waals surface area (Å²) in [5.41, 5.74) is 0.972. The lowest BCUT2D eigenvalue weighted by Crippen LogP contribution is -2.54. The number of hydrogen-bond donors (Lipinski definition) is 0. The Kier molecular flexibility index (Phi) is 3.99. The molecule has 1 fully saturated rings. The van der Waals surface area contributed by atoms with Crippen LogP contribution in [-0.2, 0) is 20.8 Å². The molecular formula is C14H19NO3. The first kappa shape index (κ1) is 13.1. The van der Waals surface area contributed by atoms with Crippen LogP contribution in [0.5, 0.6) is 0 Å². The molecule has 1 aliphatic rings. The number of benzene rings is 1. The van der Waals surface area contributed by atoms with Crippen molar-refractivity contribution in [3.8, 4) is 0 Å². The number of cyclic esters (lactones) is 1. The number of hydroxylamine groups is 2. The van der Waals surface area contributed by atoms with Crippen LogP contribution in [0.3, 0.4) is 0 Å². The number of morpholine rings is 1. The first-order valence-corrected chi connectivity index (χ1v) is 6.18. The smallest absolute Gasteiger partial charge is 0.322 e. The second kappa shape index (κ2) is 5.50. The molecule has 1 aromatic rings. The summed E-state index contributed by atoms with van der Waals surface area (Å²) in [6, 6.07) is 10.2. The Morgan fingerprint density at radius 1 is 1.33 bits per heavy atom. The summed E-state index contributed by atoms with van der Waals surface area (Å²) < 4.78 is 5.03. The lowest BCUT2D eigenvalue weighted by Gasteiger charge is -2.39. The molecule has 1 aromatic carbocycles. The highest BCUT2D eigenvalue weighted by Crippen LogP contribution is 2.19. The van der Waals surface area contributed by atoms with E-state index in [2.05, 4.69) is 12.1 Å². The number of hydrogen-bond acceptors (Lipinski definition) is 4. The van der Waals surface area contributed by atoms with Crippen molar-refractivity contribution in [1.29, 1.82) is 0 Å². The first-order chi connectivity index (χ1) is 8.58. The third-order valence-electron chi connectivity index (χ3n) is 3.01. The molecule has 0 amide bonds. The SMILES string of the molecule is CC1(C)COC(=O)CN1OCCc1ccccc1. The molecule has 4 heteroatoms. The lowest BCUT2D eigenvalue weighted by molar-refractivity contribution is -0.247. The highest BCUT2D eigenvalue weighted by Gasteiger charge is 2.35. The van der Waals surface area contributed by atoms with Gasteiger partial charge in [0, 0.05) is 0 Å². The summed E-state index contributed by atoms with van der Waals surface area (Å²) >= 11 is 0. The minimum atomic E-state index is -0.259. The third kappa shape index (κ3) is 3.31. The minimum Gasteiger partial charge on any atom is -0.463 e. The van der Waals surface area contributed by atoms with E-state index in [4.69, 9.17) is 9.57 Å². The van der Waals surface area contributed by atoms with Gasteiger partial charge in [-0.1, -0.05) is 30.3 Å². The molecule has 0 spiro atoms. The van der Waals surface area contributed by atoms with Crippen molar-refractivity contribution in [2.24, 2.45) is 0 Å². The topological polar surface area (TPSA) is 38.8 Å². The van der Waals surface area contributed by atoms with Gasteiger partial charge in [-0.2, -0.15) is 5.06 Å². The van der Waals surface area contributed by atoms with Gasteiger partial charge in [0.25, 0.3) is 0 Å². The van der Waals surface area contributed by atoms with E-state index < -0.39 is 0 Å². The van der Waals surface area contributed by atoms with Crippen molar-refractivity contribution in [1.82, 2.24) is 5.06 Å². The van der Waals surface area contributed by atoms with Crippen LogP contribution in [-0.4, -0.2) is 36.3 Å². The molecule has 0 saturated carbocycles. The molecule has 0 bridgehead atoms. The molecule has 0 N–H and O–H groups in total. The quantitative estimate of drug-likeness (QED) is 0.763. The predicted octanol–water partition coefficient (Wildman–Crippen LogP) is 1.80. The highest BCUT2D eigenvalue weighted by atomic mass is 16.7. The standard InChI is InChI=1S/C14H19NO3/c1-14(2)11-17-13(16)10-15(14)18-9-8-12-6-4-3-5-7-12/h3-7H,8-11H2,1-2H3. The van der Waals surface area contributed by atoms with Crippen molar-refractivity contribution < 1.29 is 14.4 Å². The largest absolute Gasteiger partial charge is 0.463 e. The fourth-order valence-corrected chi connectivity index (χ4v) is 1.84. The Morgan fingerprint density at radius 3 is 2.78 bits per heavy atom. The van der Waals surface area contributed by atoms with Gasteiger partial charge in [-0.15, -0.1) is 0 Å². The average molecular weight is 249 g/mol. The predicted molar refractivity (Wildman–Crippen MR) is 67.8 cm³/mol. The molecule has 1 aliphatic heterocycles. The molecule has 98 valence electrons. The van der Waals surface area contributed by atoms with Crippen LogP contribution in [0.15, 0.2) is 30.3 Å². The maximum Gasteiger partial charge on any atom is 0.322 e. The zero-order valence-corrected chi connectivity index (χ0v) is 10.9. The Hall–Kier alpha value is -1.39. The van der Waals surface area contributed by atoms with Gasteiger partial charge in [-0.3, -0.25) is 9.63 Å². The average Bonchev–Trinajstić information content (AvgIpc) is 2.35. The van der Waals surface area contributed by atoms with Crippen LogP contribution in [0.1, 0.15) is 19.4 Å². The summed E-state index contributed by atoms with van der Waals surface area (Å²) in [7, 11) is 0. The van der Waals surface area contributed by atoms with Crippen LogP contribution in [0, 0.1) is 0 Å². The van der Waals surface area contributed by atoms with E-state index in [0.717, 1.165) is 6.42 Å². The molecule has 0 aromatic heterocycles. The molecule has 2 rings (SSSR count). The summed E-state index contributed by atoms with van der Waals surface area (Å²) in [6.45, 7) is 5.14. The highest BCUT2D eigenvalue weighted by molar-refractivity contribution is 5.72. The summed E-state index contributed by atoms with van der Waals surface area (Å²) in [6.07, 6.45) is 0.836. The Balaban J connectivity index is 1.83. The number of rotatable bonds is 4. The normalized spacial score (nSPS) is 19.6. The molecule has 0 atom stereocenters. The van der Waals surface area contributed by atoms with E-state index >= 15 is 0 Å². The van der Waals surface area contributed by atoms with Crippen LogP contribution in [0.2, 0.25) is 0 Å². The fourth-order valence-electron chi connectivity index (χ4n) is 1.84. The summed E-state index contributed by atoms with van der Waals surface area (Å²) in [4.78, 5) is 17.0. The monoisotopic (exact) mass is 249 g/mol. The summed E-state index contributed by atoms with van der Waals surface area (Å²) in [5, 5.41) is 1.72. The number of nitrogens with zero attached hydrogens (tertiary/aromatic N) is 1. The molecule has 0 aliphatic carbocycles. The number of ether oxygens (including phenoxy) is 1. The van der Waals surface area contributed by atoms with Crippen LogP contribution in [0.25, 0.3) is 0 Å². The van der Waals surface area contributed by atoms with Gasteiger partial charge in [0.2, 0.25) is 0 Å². The van der Waals surface area contributed by atoms with E-state index in [9.17, 15) is 4.79 Å². The van der Waals surface area contributed by atoms with Gasteiger partial charge < -0.3 is 4.74 Å². The molecule has 4 nitrogen and oxygen atoms in total. The number of esters is 1. The van der Waals surface area contributed by atoms with Gasteiger partial charge in [-0.05, 0) is 25.8 Å². The lowest BCUT2D eigenvalue weighted by atomic mass is 10.1.